The third kappa shape index (κ3) is 3.96. The monoisotopic (exact) mass is 429 g/mol. The quantitative estimate of drug-likeness (QED) is 0.635. The minimum absolute atomic E-state index is 0.225. The Kier molecular flexibility index (Phi) is 5.81. The van der Waals surface area contributed by atoms with Gasteiger partial charge in [0.1, 0.15) is 5.69 Å². The van der Waals surface area contributed by atoms with Crippen LogP contribution >= 0.6 is 0 Å². The van der Waals surface area contributed by atoms with E-state index in [1.807, 2.05) is 53.4 Å². The van der Waals surface area contributed by atoms with Gasteiger partial charge >= 0.3 is 0 Å². The van der Waals surface area contributed by atoms with Crippen LogP contribution in [0, 0.1) is 0 Å². The van der Waals surface area contributed by atoms with Crippen molar-refractivity contribution < 1.29 is 9.53 Å². The first-order valence-corrected chi connectivity index (χ1v) is 11.2. The van der Waals surface area contributed by atoms with Crippen LogP contribution in [0.4, 0.5) is 5.82 Å². The van der Waals surface area contributed by atoms with E-state index in [0.717, 1.165) is 48.7 Å². The fourth-order valence-corrected chi connectivity index (χ4v) is 4.69. The molecule has 2 fully saturated rings. The number of hydrogen-bond acceptors (Lipinski definition) is 6. The number of rotatable bonds is 4. The van der Waals surface area contributed by atoms with Gasteiger partial charge in [-0.05, 0) is 42.7 Å². The second-order valence-corrected chi connectivity index (χ2v) is 8.33. The van der Waals surface area contributed by atoms with Crippen LogP contribution in [0.25, 0.3) is 11.4 Å². The minimum atomic E-state index is -0.480. The smallest absolute Gasteiger partial charge is 0.233 e. The van der Waals surface area contributed by atoms with E-state index in [0.29, 0.717) is 26.3 Å². The molecular weight excluding hydrogens is 402 g/mol. The van der Waals surface area contributed by atoms with Crippen molar-refractivity contribution in [2.24, 2.45) is 0 Å². The summed E-state index contributed by atoms with van der Waals surface area (Å²) in [5.74, 6) is 1.06. The van der Waals surface area contributed by atoms with E-state index in [1.165, 1.54) is 0 Å². The number of carbonyl (C=O) groups excluding carboxylic acids is 1. The molecule has 7 nitrogen and oxygen atoms in total. The third-order valence-corrected chi connectivity index (χ3v) is 6.55. The van der Waals surface area contributed by atoms with Crippen LogP contribution in [0.5, 0.6) is 0 Å². The van der Waals surface area contributed by atoms with E-state index >= 15 is 0 Å². The molecule has 0 bridgehead atoms. The van der Waals surface area contributed by atoms with Crippen molar-refractivity contribution in [2.75, 3.05) is 44.3 Å². The summed E-state index contributed by atoms with van der Waals surface area (Å²) < 4.78 is 5.60. The number of pyridine rings is 1. The number of hydrogen-bond donors (Lipinski definition) is 0. The maximum Gasteiger partial charge on any atom is 0.233 e. The van der Waals surface area contributed by atoms with Gasteiger partial charge in [-0.15, -0.1) is 10.2 Å². The van der Waals surface area contributed by atoms with E-state index < -0.39 is 5.41 Å². The van der Waals surface area contributed by atoms with Crippen molar-refractivity contribution in [3.05, 3.63) is 72.4 Å². The molecule has 0 atom stereocenters. The largest absolute Gasteiger partial charge is 0.381 e. The zero-order chi connectivity index (χ0) is 21.8. The maximum atomic E-state index is 13.7. The Bertz CT molecular complexity index is 1030. The molecule has 2 aliphatic rings. The van der Waals surface area contributed by atoms with Crippen molar-refractivity contribution in [3.63, 3.8) is 0 Å². The van der Waals surface area contributed by atoms with Gasteiger partial charge in [0.2, 0.25) is 5.91 Å². The highest BCUT2D eigenvalue weighted by atomic mass is 16.5. The maximum absolute atomic E-state index is 13.7. The summed E-state index contributed by atoms with van der Waals surface area (Å²) in [4.78, 5) is 22.3. The van der Waals surface area contributed by atoms with Crippen molar-refractivity contribution in [3.8, 4) is 11.4 Å². The Morgan fingerprint density at radius 3 is 2.22 bits per heavy atom. The standard InChI is InChI=1S/C25H27N5O2/c31-24(25(11-18-32-19-12-25)20-6-2-1-3-7-20)30-16-14-29(15-17-30)23-10-9-22(27-28-23)21-8-4-5-13-26-21/h1-10,13H,11-12,14-19H2. The Balaban J connectivity index is 1.27. The van der Waals surface area contributed by atoms with Crippen molar-refractivity contribution in [1.29, 1.82) is 0 Å². The molecule has 0 radical (unpaired) electrons. The molecule has 0 spiro atoms. The lowest BCUT2D eigenvalue weighted by Gasteiger charge is -2.43. The SMILES string of the molecule is O=C(N1CCN(c2ccc(-c3ccccn3)nn2)CC1)C1(c2ccccc2)CCOCC1. The van der Waals surface area contributed by atoms with Crippen molar-refractivity contribution in [1.82, 2.24) is 20.1 Å². The zero-order valence-corrected chi connectivity index (χ0v) is 18.1. The molecule has 1 aromatic carbocycles. The first-order chi connectivity index (χ1) is 15.8. The molecule has 2 aliphatic heterocycles. The Hall–Kier alpha value is -3.32. The van der Waals surface area contributed by atoms with Gasteiger partial charge in [0, 0.05) is 45.6 Å². The highest BCUT2D eigenvalue weighted by Gasteiger charge is 2.44. The first kappa shape index (κ1) is 20.6. The third-order valence-electron chi connectivity index (χ3n) is 6.55. The number of aromatic nitrogens is 3. The first-order valence-electron chi connectivity index (χ1n) is 11.2. The van der Waals surface area contributed by atoms with Crippen LogP contribution in [-0.4, -0.2) is 65.4 Å². The molecule has 164 valence electrons. The number of carbonyl (C=O) groups is 1. The van der Waals surface area contributed by atoms with E-state index in [-0.39, 0.29) is 5.91 Å². The van der Waals surface area contributed by atoms with Gasteiger partial charge in [-0.25, -0.2) is 0 Å². The number of nitrogens with zero attached hydrogens (tertiary/aromatic N) is 5. The summed E-state index contributed by atoms with van der Waals surface area (Å²) in [6, 6.07) is 19.9. The van der Waals surface area contributed by atoms with E-state index in [9.17, 15) is 4.79 Å². The number of amides is 1. The number of piperazine rings is 1. The van der Waals surface area contributed by atoms with E-state index in [2.05, 4.69) is 32.2 Å². The number of ether oxygens (including phenoxy) is 1. The average molecular weight is 430 g/mol. The van der Waals surface area contributed by atoms with Crippen LogP contribution in [0.15, 0.2) is 66.9 Å². The highest BCUT2D eigenvalue weighted by molar-refractivity contribution is 5.88. The van der Waals surface area contributed by atoms with Crippen molar-refractivity contribution in [2.45, 2.75) is 18.3 Å². The lowest BCUT2D eigenvalue weighted by Crippen LogP contribution is -2.56. The van der Waals surface area contributed by atoms with Gasteiger partial charge in [0.05, 0.1) is 11.1 Å². The molecule has 2 aromatic heterocycles. The molecule has 3 aromatic rings. The fraction of sp³-hybridized carbons (Fsp3) is 0.360. The van der Waals surface area contributed by atoms with Crippen LogP contribution in [-0.2, 0) is 14.9 Å². The van der Waals surface area contributed by atoms with Crippen LogP contribution in [0.2, 0.25) is 0 Å². The van der Waals surface area contributed by atoms with Gasteiger partial charge in [-0.3, -0.25) is 9.78 Å². The van der Waals surface area contributed by atoms with Crippen molar-refractivity contribution >= 4 is 11.7 Å². The molecule has 0 N–H and O–H groups in total. The summed E-state index contributed by atoms with van der Waals surface area (Å²) in [5, 5.41) is 8.77. The zero-order valence-electron chi connectivity index (χ0n) is 18.1. The van der Waals surface area contributed by atoms with Crippen LogP contribution < -0.4 is 4.90 Å². The van der Waals surface area contributed by atoms with Crippen LogP contribution in [0.3, 0.4) is 0 Å². The number of benzene rings is 1. The molecule has 1 amide bonds. The molecule has 2 saturated heterocycles. The number of anilines is 1. The van der Waals surface area contributed by atoms with Gasteiger partial charge in [-0.2, -0.15) is 0 Å². The predicted octanol–water partition coefficient (Wildman–Crippen LogP) is 2.94. The minimum Gasteiger partial charge on any atom is -0.381 e. The topological polar surface area (TPSA) is 71.5 Å². The van der Waals surface area contributed by atoms with Crippen LogP contribution in [0.1, 0.15) is 18.4 Å². The van der Waals surface area contributed by atoms with Gasteiger partial charge in [-0.1, -0.05) is 36.4 Å². The summed E-state index contributed by atoms with van der Waals surface area (Å²) in [6.07, 6.45) is 3.22. The molecular formula is C25H27N5O2. The molecule has 0 saturated carbocycles. The van der Waals surface area contributed by atoms with Gasteiger partial charge in [0.25, 0.3) is 0 Å². The van der Waals surface area contributed by atoms with E-state index in [4.69, 9.17) is 4.74 Å². The molecule has 32 heavy (non-hydrogen) atoms. The van der Waals surface area contributed by atoms with Gasteiger partial charge < -0.3 is 14.5 Å². The lowest BCUT2D eigenvalue weighted by molar-refractivity contribution is -0.141. The molecule has 7 heteroatoms. The Morgan fingerprint density at radius 1 is 0.812 bits per heavy atom. The Labute approximate surface area is 188 Å². The summed E-state index contributed by atoms with van der Waals surface area (Å²) >= 11 is 0. The second-order valence-electron chi connectivity index (χ2n) is 8.33. The summed E-state index contributed by atoms with van der Waals surface area (Å²) in [7, 11) is 0. The molecule has 0 aliphatic carbocycles. The lowest BCUT2D eigenvalue weighted by atomic mass is 9.73. The summed E-state index contributed by atoms with van der Waals surface area (Å²) in [6.45, 7) is 4.09. The average Bonchev–Trinajstić information content (AvgIpc) is 2.90. The highest BCUT2D eigenvalue weighted by Crippen LogP contribution is 2.37. The molecule has 0 unspecified atom stereocenters. The summed E-state index contributed by atoms with van der Waals surface area (Å²) in [5.41, 5.74) is 2.19. The Morgan fingerprint density at radius 2 is 1.56 bits per heavy atom. The normalized spacial score (nSPS) is 18.4. The second kappa shape index (κ2) is 9.04. The van der Waals surface area contributed by atoms with Gasteiger partial charge in [0.15, 0.2) is 5.82 Å². The van der Waals surface area contributed by atoms with E-state index in [1.54, 1.807) is 6.20 Å². The molecule has 4 heterocycles. The predicted molar refractivity (Wildman–Crippen MR) is 122 cm³/mol. The fourth-order valence-electron chi connectivity index (χ4n) is 4.69. The molecule has 5 rings (SSSR count).